The van der Waals surface area contributed by atoms with Crippen molar-refractivity contribution < 1.29 is 37.8 Å². The van der Waals surface area contributed by atoms with Crippen LogP contribution in [0.25, 0.3) is 0 Å². The Morgan fingerprint density at radius 2 is 1.68 bits per heavy atom. The van der Waals surface area contributed by atoms with Crippen molar-refractivity contribution >= 4 is 11.9 Å². The van der Waals surface area contributed by atoms with Gasteiger partial charge >= 0.3 is 5.97 Å². The van der Waals surface area contributed by atoms with Gasteiger partial charge in [0.15, 0.2) is 12.9 Å². The Balaban J connectivity index is 1.14. The fraction of sp³-hybridized carbons (Fsp3) is 0.375. The van der Waals surface area contributed by atoms with Gasteiger partial charge in [-0.05, 0) is 23.3 Å². The van der Waals surface area contributed by atoms with E-state index < -0.39 is 23.3 Å². The van der Waals surface area contributed by atoms with Crippen LogP contribution in [0.3, 0.4) is 0 Å². The number of hydrogen-bond acceptors (Lipinski definition) is 6. The standard InChI is InChI=1S/C32H33FN2O6/c33-26-17-23-20-39-21-40-29(23)27(18-26)30(36)34-13-16-35-14-11-22(12-15-35)28(19-35)41-31(37)32(38,24-7-3-1-4-8-24)25-9-5-2-6-10-25/h1-10,17-18,22,28,38H,11-16,19-21H2/p+1/t22?,28-,35?/m0/s1. The summed E-state index contributed by atoms with van der Waals surface area (Å²) in [7, 11) is 0. The van der Waals surface area contributed by atoms with Crippen molar-refractivity contribution in [3.8, 4) is 5.75 Å². The molecule has 4 aliphatic heterocycles. The van der Waals surface area contributed by atoms with E-state index in [1.807, 2.05) is 12.1 Å². The van der Waals surface area contributed by atoms with Gasteiger partial charge in [-0.15, -0.1) is 0 Å². The predicted molar refractivity (Wildman–Crippen MR) is 147 cm³/mol. The Bertz CT molecular complexity index is 1370. The minimum atomic E-state index is -1.93. The van der Waals surface area contributed by atoms with Gasteiger partial charge in [0.05, 0.1) is 38.3 Å². The van der Waals surface area contributed by atoms with E-state index in [-0.39, 0.29) is 31.0 Å². The maximum Gasteiger partial charge on any atom is 0.348 e. The Labute approximate surface area is 238 Å². The van der Waals surface area contributed by atoms with Gasteiger partial charge < -0.3 is 29.1 Å². The first-order valence-electron chi connectivity index (χ1n) is 14.1. The molecule has 0 radical (unpaired) electrons. The van der Waals surface area contributed by atoms with E-state index in [1.54, 1.807) is 48.5 Å². The second kappa shape index (κ2) is 11.2. The molecule has 9 heteroatoms. The summed E-state index contributed by atoms with van der Waals surface area (Å²) >= 11 is 0. The van der Waals surface area contributed by atoms with E-state index in [9.17, 15) is 19.1 Å². The van der Waals surface area contributed by atoms with Crippen LogP contribution >= 0.6 is 0 Å². The van der Waals surface area contributed by atoms with Gasteiger partial charge in [-0.1, -0.05) is 60.7 Å². The second-order valence-electron chi connectivity index (χ2n) is 11.2. The lowest BCUT2D eigenvalue weighted by molar-refractivity contribution is -0.945. The first kappa shape index (κ1) is 27.4. The predicted octanol–water partition coefficient (Wildman–Crippen LogP) is 3.51. The number of carbonyl (C=O) groups is 2. The van der Waals surface area contributed by atoms with Gasteiger partial charge in [-0.25, -0.2) is 9.18 Å². The van der Waals surface area contributed by atoms with Crippen molar-refractivity contribution in [3.05, 3.63) is 101 Å². The largest absolute Gasteiger partial charge is 0.466 e. The van der Waals surface area contributed by atoms with Crippen LogP contribution in [-0.2, 0) is 26.5 Å². The summed E-state index contributed by atoms with van der Waals surface area (Å²) in [6.45, 7) is 3.70. The Morgan fingerprint density at radius 1 is 1.02 bits per heavy atom. The summed E-state index contributed by atoms with van der Waals surface area (Å²) in [5.74, 6) is -1.01. The highest BCUT2D eigenvalue weighted by Crippen LogP contribution is 2.38. The van der Waals surface area contributed by atoms with E-state index in [4.69, 9.17) is 14.2 Å². The molecular formula is C32H34FN2O6+. The average molecular weight is 562 g/mol. The van der Waals surface area contributed by atoms with Gasteiger partial charge in [0, 0.05) is 24.3 Å². The number of piperidine rings is 3. The van der Waals surface area contributed by atoms with Crippen molar-refractivity contribution in [3.63, 3.8) is 0 Å². The van der Waals surface area contributed by atoms with Crippen molar-refractivity contribution in [1.29, 1.82) is 0 Å². The van der Waals surface area contributed by atoms with Crippen LogP contribution in [0, 0.1) is 11.7 Å². The third-order valence-corrected chi connectivity index (χ3v) is 8.77. The summed E-state index contributed by atoms with van der Waals surface area (Å²) in [5.41, 5.74) is -0.339. The minimum Gasteiger partial charge on any atom is -0.466 e. The molecule has 4 heterocycles. The number of aliphatic hydroxyl groups is 1. The van der Waals surface area contributed by atoms with Crippen LogP contribution in [0.1, 0.15) is 39.9 Å². The Hall–Kier alpha value is -3.79. The topological polar surface area (TPSA) is 94.1 Å². The minimum absolute atomic E-state index is 0.0177. The molecular weight excluding hydrogens is 527 g/mol. The van der Waals surface area contributed by atoms with Gasteiger partial charge in [-0.3, -0.25) is 4.79 Å². The van der Waals surface area contributed by atoms with E-state index in [0.29, 0.717) is 46.6 Å². The number of quaternary nitrogens is 1. The van der Waals surface area contributed by atoms with Crippen LogP contribution < -0.4 is 10.1 Å². The molecule has 3 aromatic rings. The van der Waals surface area contributed by atoms with Gasteiger partial charge in [0.1, 0.15) is 18.1 Å². The highest BCUT2D eigenvalue weighted by Gasteiger charge is 2.50. The lowest BCUT2D eigenvalue weighted by Gasteiger charge is -2.52. The SMILES string of the molecule is O=C(NCC[N+]12CCC(CC1)[C@@H](OC(=O)C(O)(c1ccccc1)c1ccccc1)C2)c1cc(F)cc2c1OCOC2. The fourth-order valence-corrected chi connectivity index (χ4v) is 6.50. The van der Waals surface area contributed by atoms with Gasteiger partial charge in [0.2, 0.25) is 5.60 Å². The number of carbonyl (C=O) groups excluding carboxylic acids is 2. The molecule has 8 nitrogen and oxygen atoms in total. The molecule has 0 aromatic heterocycles. The van der Waals surface area contributed by atoms with Crippen LogP contribution in [0.4, 0.5) is 4.39 Å². The molecule has 2 bridgehead atoms. The highest BCUT2D eigenvalue weighted by atomic mass is 19.1. The molecule has 0 aliphatic carbocycles. The smallest absolute Gasteiger partial charge is 0.348 e. The molecule has 0 unspecified atom stereocenters. The molecule has 214 valence electrons. The zero-order valence-electron chi connectivity index (χ0n) is 22.8. The molecule has 3 fully saturated rings. The molecule has 1 atom stereocenters. The van der Waals surface area contributed by atoms with E-state index >= 15 is 0 Å². The number of esters is 1. The normalized spacial score (nSPS) is 23.3. The van der Waals surface area contributed by atoms with E-state index in [0.717, 1.165) is 25.9 Å². The molecule has 7 rings (SSSR count). The number of amides is 1. The zero-order valence-corrected chi connectivity index (χ0v) is 22.8. The molecule has 3 aromatic carbocycles. The van der Waals surface area contributed by atoms with Crippen molar-refractivity contribution in [2.75, 3.05) is 39.5 Å². The van der Waals surface area contributed by atoms with Crippen molar-refractivity contribution in [1.82, 2.24) is 5.32 Å². The van der Waals surface area contributed by atoms with Gasteiger partial charge in [0.25, 0.3) is 5.91 Å². The third kappa shape index (κ3) is 5.32. The molecule has 0 saturated carbocycles. The number of benzene rings is 3. The first-order valence-corrected chi connectivity index (χ1v) is 14.1. The zero-order chi connectivity index (χ0) is 28.5. The number of nitrogens with zero attached hydrogens (tertiary/aromatic N) is 1. The lowest BCUT2D eigenvalue weighted by atomic mass is 9.82. The molecule has 3 saturated heterocycles. The number of hydrogen-bond donors (Lipinski definition) is 2. The summed E-state index contributed by atoms with van der Waals surface area (Å²) in [6, 6.07) is 20.3. The number of nitrogens with one attached hydrogen (secondary N) is 1. The Morgan fingerprint density at radius 3 is 2.34 bits per heavy atom. The molecule has 41 heavy (non-hydrogen) atoms. The number of fused-ring (bicyclic) bond motifs is 4. The van der Waals surface area contributed by atoms with Crippen LogP contribution in [0.2, 0.25) is 0 Å². The fourth-order valence-electron chi connectivity index (χ4n) is 6.50. The molecule has 2 N–H and O–H groups in total. The summed E-state index contributed by atoms with van der Waals surface area (Å²) in [6.07, 6.45) is 1.45. The quantitative estimate of drug-likeness (QED) is 0.323. The van der Waals surface area contributed by atoms with Crippen molar-refractivity contribution in [2.24, 2.45) is 5.92 Å². The molecule has 4 aliphatic rings. The van der Waals surface area contributed by atoms with Crippen LogP contribution in [-0.4, -0.2) is 67.1 Å². The monoisotopic (exact) mass is 561 g/mol. The molecule has 0 spiro atoms. The summed E-state index contributed by atoms with van der Waals surface area (Å²) < 4.78 is 31.7. The van der Waals surface area contributed by atoms with Crippen molar-refractivity contribution in [2.45, 2.75) is 31.2 Å². The maximum atomic E-state index is 14.1. The lowest BCUT2D eigenvalue weighted by Crippen LogP contribution is -2.66. The van der Waals surface area contributed by atoms with Crippen LogP contribution in [0.15, 0.2) is 72.8 Å². The highest BCUT2D eigenvalue weighted by molar-refractivity contribution is 5.97. The van der Waals surface area contributed by atoms with E-state index in [2.05, 4.69) is 5.32 Å². The first-order chi connectivity index (χ1) is 19.9. The third-order valence-electron chi connectivity index (χ3n) is 8.77. The summed E-state index contributed by atoms with van der Waals surface area (Å²) in [5, 5.41) is 14.8. The second-order valence-corrected chi connectivity index (χ2v) is 11.2. The number of rotatable bonds is 8. The number of ether oxygens (including phenoxy) is 3. The number of halogens is 1. The summed E-state index contributed by atoms with van der Waals surface area (Å²) in [4.78, 5) is 26.7. The molecule has 1 amide bonds. The average Bonchev–Trinajstić information content (AvgIpc) is 3.01. The van der Waals surface area contributed by atoms with E-state index in [1.165, 1.54) is 12.1 Å². The Kier molecular flexibility index (Phi) is 7.50. The van der Waals surface area contributed by atoms with Crippen LogP contribution in [0.5, 0.6) is 5.75 Å². The maximum absolute atomic E-state index is 14.1. The van der Waals surface area contributed by atoms with Gasteiger partial charge in [-0.2, -0.15) is 0 Å².